The summed E-state index contributed by atoms with van der Waals surface area (Å²) in [7, 11) is 1.56. The lowest BCUT2D eigenvalue weighted by molar-refractivity contribution is -0.120. The van der Waals surface area contributed by atoms with Crippen molar-refractivity contribution < 1.29 is 14.6 Å². The summed E-state index contributed by atoms with van der Waals surface area (Å²) in [6, 6.07) is 0. The quantitative estimate of drug-likeness (QED) is 0.456. The summed E-state index contributed by atoms with van der Waals surface area (Å²) in [6.07, 6.45) is 0.698. The fourth-order valence-corrected chi connectivity index (χ4v) is 1.16. The third-order valence-electron chi connectivity index (χ3n) is 1.92. The van der Waals surface area contributed by atoms with Crippen molar-refractivity contribution >= 4 is 5.91 Å². The highest BCUT2D eigenvalue weighted by atomic mass is 16.5. The first-order valence-electron chi connectivity index (χ1n) is 5.35. The van der Waals surface area contributed by atoms with E-state index in [0.29, 0.717) is 39.1 Å². The fraction of sp³-hybridized carbons (Fsp3) is 0.900. The lowest BCUT2D eigenvalue weighted by Crippen LogP contribution is -2.29. The van der Waals surface area contributed by atoms with Gasteiger partial charge in [0.25, 0.3) is 0 Å². The molecular formula is C10H22N2O3. The number of rotatable bonds is 9. The van der Waals surface area contributed by atoms with E-state index < -0.39 is 6.10 Å². The molecule has 0 fully saturated rings. The van der Waals surface area contributed by atoms with Gasteiger partial charge in [-0.1, -0.05) is 0 Å². The maximum absolute atomic E-state index is 11.0. The highest BCUT2D eigenvalue weighted by Gasteiger charge is 2.02. The van der Waals surface area contributed by atoms with Crippen LogP contribution in [0.3, 0.4) is 0 Å². The molecule has 0 aliphatic heterocycles. The summed E-state index contributed by atoms with van der Waals surface area (Å²) >= 11 is 0. The molecule has 0 aliphatic rings. The van der Waals surface area contributed by atoms with Crippen molar-refractivity contribution in [2.24, 2.45) is 0 Å². The first-order chi connectivity index (χ1) is 7.20. The summed E-state index contributed by atoms with van der Waals surface area (Å²) in [6.45, 7) is 4.27. The molecule has 0 spiro atoms. The molecular weight excluding hydrogens is 196 g/mol. The number of nitrogens with one attached hydrogen (secondary N) is 2. The van der Waals surface area contributed by atoms with Crippen LogP contribution in [0.15, 0.2) is 0 Å². The van der Waals surface area contributed by atoms with Gasteiger partial charge in [-0.15, -0.1) is 0 Å². The molecule has 0 aromatic rings. The second kappa shape index (κ2) is 9.89. The van der Waals surface area contributed by atoms with E-state index in [1.807, 2.05) is 6.92 Å². The van der Waals surface area contributed by atoms with Crippen LogP contribution < -0.4 is 10.6 Å². The molecule has 0 saturated heterocycles. The molecule has 0 saturated carbocycles. The van der Waals surface area contributed by atoms with Gasteiger partial charge in [0.2, 0.25) is 5.91 Å². The number of hydrogen-bond acceptors (Lipinski definition) is 4. The molecule has 0 heterocycles. The third kappa shape index (κ3) is 9.65. The minimum atomic E-state index is -0.424. The van der Waals surface area contributed by atoms with Crippen LogP contribution in [0.25, 0.3) is 0 Å². The Morgan fingerprint density at radius 2 is 2.20 bits per heavy atom. The number of methoxy groups -OCH3 is 1. The van der Waals surface area contributed by atoms with Crippen LogP contribution in [0.5, 0.6) is 0 Å². The Labute approximate surface area is 91.2 Å². The molecule has 1 atom stereocenters. The van der Waals surface area contributed by atoms with E-state index in [1.54, 1.807) is 7.11 Å². The van der Waals surface area contributed by atoms with Crippen molar-refractivity contribution in [1.82, 2.24) is 10.6 Å². The Bertz CT molecular complexity index is 165. The Morgan fingerprint density at radius 3 is 2.80 bits per heavy atom. The average Bonchev–Trinajstić information content (AvgIpc) is 2.18. The van der Waals surface area contributed by atoms with Crippen molar-refractivity contribution in [2.75, 3.05) is 33.4 Å². The van der Waals surface area contributed by atoms with E-state index in [4.69, 9.17) is 4.74 Å². The largest absolute Gasteiger partial charge is 0.391 e. The molecule has 0 aromatic carbocycles. The van der Waals surface area contributed by atoms with Crippen LogP contribution in [0, 0.1) is 0 Å². The molecule has 5 heteroatoms. The number of ether oxygens (including phenoxy) is 1. The first kappa shape index (κ1) is 14.3. The number of hydrogen-bond donors (Lipinski definition) is 3. The lowest BCUT2D eigenvalue weighted by atomic mass is 10.2. The summed E-state index contributed by atoms with van der Waals surface area (Å²) in [4.78, 5) is 11.0. The summed E-state index contributed by atoms with van der Waals surface area (Å²) < 4.78 is 4.79. The Hall–Kier alpha value is -0.650. The zero-order valence-electron chi connectivity index (χ0n) is 9.58. The van der Waals surface area contributed by atoms with Crippen molar-refractivity contribution in [3.05, 3.63) is 0 Å². The number of carbonyl (C=O) groups is 1. The van der Waals surface area contributed by atoms with E-state index in [9.17, 15) is 9.90 Å². The SMILES string of the molecule is CCNC(=O)CCNCCC(O)COC. The normalized spacial score (nSPS) is 12.5. The molecule has 0 radical (unpaired) electrons. The number of aliphatic hydroxyl groups is 1. The van der Waals surface area contributed by atoms with Gasteiger partial charge < -0.3 is 20.5 Å². The van der Waals surface area contributed by atoms with E-state index in [0.717, 1.165) is 0 Å². The van der Waals surface area contributed by atoms with E-state index in [1.165, 1.54) is 0 Å². The molecule has 1 unspecified atom stereocenters. The van der Waals surface area contributed by atoms with E-state index >= 15 is 0 Å². The second-order valence-corrected chi connectivity index (χ2v) is 3.35. The molecule has 0 aliphatic carbocycles. The predicted octanol–water partition coefficient (Wildman–Crippen LogP) is -0.500. The number of aliphatic hydroxyl groups excluding tert-OH is 1. The van der Waals surface area contributed by atoms with Gasteiger partial charge in [0.15, 0.2) is 0 Å². The van der Waals surface area contributed by atoms with Gasteiger partial charge in [-0.25, -0.2) is 0 Å². The van der Waals surface area contributed by atoms with Crippen LogP contribution >= 0.6 is 0 Å². The molecule has 1 amide bonds. The zero-order valence-corrected chi connectivity index (χ0v) is 9.58. The van der Waals surface area contributed by atoms with Gasteiger partial charge in [0, 0.05) is 26.6 Å². The minimum Gasteiger partial charge on any atom is -0.391 e. The fourth-order valence-electron chi connectivity index (χ4n) is 1.16. The standard InChI is InChI=1S/C10H22N2O3/c1-3-12-10(14)5-7-11-6-4-9(13)8-15-2/h9,11,13H,3-8H2,1-2H3,(H,12,14). The Balaban J connectivity index is 3.20. The summed E-state index contributed by atoms with van der Waals surface area (Å²) in [5, 5.41) is 15.1. The average molecular weight is 218 g/mol. The van der Waals surface area contributed by atoms with Gasteiger partial charge in [0.05, 0.1) is 12.7 Å². The second-order valence-electron chi connectivity index (χ2n) is 3.35. The maximum atomic E-state index is 11.0. The van der Waals surface area contributed by atoms with Crippen molar-refractivity contribution in [3.8, 4) is 0 Å². The van der Waals surface area contributed by atoms with Crippen LogP contribution in [0.1, 0.15) is 19.8 Å². The molecule has 0 rings (SSSR count). The molecule has 90 valence electrons. The van der Waals surface area contributed by atoms with Crippen molar-refractivity contribution in [2.45, 2.75) is 25.9 Å². The smallest absolute Gasteiger partial charge is 0.221 e. The van der Waals surface area contributed by atoms with Crippen LogP contribution in [0.4, 0.5) is 0 Å². The Kier molecular flexibility index (Phi) is 9.46. The number of amides is 1. The summed E-state index contributed by atoms with van der Waals surface area (Å²) in [5.41, 5.74) is 0. The lowest BCUT2D eigenvalue weighted by Gasteiger charge is -2.09. The first-order valence-corrected chi connectivity index (χ1v) is 5.35. The highest BCUT2D eigenvalue weighted by Crippen LogP contribution is 1.89. The van der Waals surface area contributed by atoms with E-state index in [2.05, 4.69) is 10.6 Å². The van der Waals surface area contributed by atoms with Crippen LogP contribution in [-0.4, -0.2) is 50.5 Å². The van der Waals surface area contributed by atoms with Crippen LogP contribution in [-0.2, 0) is 9.53 Å². The molecule has 0 aromatic heterocycles. The predicted molar refractivity (Wildman–Crippen MR) is 58.7 cm³/mol. The van der Waals surface area contributed by atoms with Gasteiger partial charge in [0.1, 0.15) is 0 Å². The minimum absolute atomic E-state index is 0.0578. The summed E-state index contributed by atoms with van der Waals surface area (Å²) in [5.74, 6) is 0.0578. The molecule has 3 N–H and O–H groups in total. The molecule has 5 nitrogen and oxygen atoms in total. The van der Waals surface area contributed by atoms with E-state index in [-0.39, 0.29) is 5.91 Å². The molecule has 15 heavy (non-hydrogen) atoms. The van der Waals surface area contributed by atoms with Crippen LogP contribution in [0.2, 0.25) is 0 Å². The van der Waals surface area contributed by atoms with Gasteiger partial charge in [-0.3, -0.25) is 4.79 Å². The highest BCUT2D eigenvalue weighted by molar-refractivity contribution is 5.75. The number of carbonyl (C=O) groups excluding carboxylic acids is 1. The maximum Gasteiger partial charge on any atom is 0.221 e. The van der Waals surface area contributed by atoms with Gasteiger partial charge >= 0.3 is 0 Å². The third-order valence-corrected chi connectivity index (χ3v) is 1.92. The van der Waals surface area contributed by atoms with Gasteiger partial charge in [-0.05, 0) is 19.9 Å². The monoisotopic (exact) mass is 218 g/mol. The Morgan fingerprint density at radius 1 is 1.47 bits per heavy atom. The molecule has 0 bridgehead atoms. The van der Waals surface area contributed by atoms with Crippen molar-refractivity contribution in [3.63, 3.8) is 0 Å². The zero-order chi connectivity index (χ0) is 11.5. The van der Waals surface area contributed by atoms with Crippen molar-refractivity contribution in [1.29, 1.82) is 0 Å². The van der Waals surface area contributed by atoms with Gasteiger partial charge in [-0.2, -0.15) is 0 Å². The topological polar surface area (TPSA) is 70.6 Å².